The van der Waals surface area contributed by atoms with E-state index in [1.807, 2.05) is 42.5 Å². The molecule has 1 aromatic carbocycles. The summed E-state index contributed by atoms with van der Waals surface area (Å²) in [7, 11) is 0. The van der Waals surface area contributed by atoms with Gasteiger partial charge in [0.25, 0.3) is 0 Å². The monoisotopic (exact) mass is 578 g/mol. The Hall–Kier alpha value is -5.45. The van der Waals surface area contributed by atoms with Crippen molar-refractivity contribution in [2.24, 2.45) is 0 Å². The van der Waals surface area contributed by atoms with Crippen LogP contribution < -0.4 is 9.97 Å². The molecule has 8 bridgehead atoms. The van der Waals surface area contributed by atoms with Crippen molar-refractivity contribution >= 4 is 44.1 Å². The van der Waals surface area contributed by atoms with Crippen LogP contribution >= 0.6 is 0 Å². The van der Waals surface area contributed by atoms with E-state index in [4.69, 9.17) is 39.9 Å². The van der Waals surface area contributed by atoms with Gasteiger partial charge in [-0.2, -0.15) is 0 Å². The Balaban J connectivity index is 0.00000256. The van der Waals surface area contributed by atoms with E-state index < -0.39 is 0 Å². The average Bonchev–Trinajstić information content (AvgIpc) is 3.73. The second-order valence-electron chi connectivity index (χ2n) is 9.29. The molecule has 0 spiro atoms. The summed E-state index contributed by atoms with van der Waals surface area (Å²) in [4.78, 5) is 51.7. The van der Waals surface area contributed by atoms with Crippen LogP contribution in [0.5, 0.6) is 0 Å². The number of hydrogen-bond acceptors (Lipinski definition) is 9. The third kappa shape index (κ3) is 3.48. The van der Waals surface area contributed by atoms with Crippen LogP contribution in [0.1, 0.15) is 0 Å². The minimum Gasteiger partial charge on any atom is -0.357 e. The average molecular weight is 579 g/mol. The van der Waals surface area contributed by atoms with Crippen molar-refractivity contribution < 1.29 is 17.1 Å². The van der Waals surface area contributed by atoms with Crippen LogP contribution in [0.3, 0.4) is 0 Å². The third-order valence-corrected chi connectivity index (χ3v) is 7.01. The first-order valence-corrected chi connectivity index (χ1v) is 12.4. The number of aromatic nitrogens is 11. The van der Waals surface area contributed by atoms with Gasteiger partial charge < -0.3 is 29.9 Å². The molecule has 2 aliphatic heterocycles. The molecule has 1 radical (unpaired) electrons. The number of nitrogens with zero attached hydrogens (tertiary/aromatic N) is 11. The van der Waals surface area contributed by atoms with Gasteiger partial charge in [-0.3, -0.25) is 15.0 Å². The van der Waals surface area contributed by atoms with Crippen LogP contribution in [0.25, 0.3) is 89.7 Å². The smallest absolute Gasteiger partial charge is 0.357 e. The molecule has 0 unspecified atom stereocenters. The van der Waals surface area contributed by atoms with Crippen LogP contribution in [0, 0.1) is 0 Å². The summed E-state index contributed by atoms with van der Waals surface area (Å²) in [6, 6.07) is 13.5. The molecule has 12 heteroatoms. The topological polar surface area (TPSA) is 144 Å². The largest absolute Gasteiger partial charge is 2.00 e. The molecular weight excluding hydrogens is 566 g/mol. The molecule has 0 N–H and O–H groups in total. The van der Waals surface area contributed by atoms with Crippen molar-refractivity contribution in [3.05, 3.63) is 79.6 Å². The van der Waals surface area contributed by atoms with Crippen molar-refractivity contribution in [3.63, 3.8) is 0 Å². The van der Waals surface area contributed by atoms with E-state index in [1.165, 1.54) is 0 Å². The second-order valence-corrected chi connectivity index (χ2v) is 9.29. The fraction of sp³-hybridized carbons (Fsp3) is 0. The van der Waals surface area contributed by atoms with Crippen molar-refractivity contribution in [3.8, 4) is 45.6 Å². The number of pyridine rings is 3. The first-order chi connectivity index (χ1) is 19.8. The number of benzene rings is 1. The van der Waals surface area contributed by atoms with E-state index in [1.54, 1.807) is 37.2 Å². The predicted octanol–water partition coefficient (Wildman–Crippen LogP) is 4.31. The molecular formula is C29H13CuN11. The Labute approximate surface area is 240 Å². The van der Waals surface area contributed by atoms with Gasteiger partial charge in [0.05, 0.1) is 23.3 Å². The van der Waals surface area contributed by atoms with Gasteiger partial charge in [0.15, 0.2) is 0 Å². The third-order valence-electron chi connectivity index (χ3n) is 7.01. The maximum absolute atomic E-state index is 4.90. The van der Waals surface area contributed by atoms with E-state index in [2.05, 4.69) is 15.0 Å². The summed E-state index contributed by atoms with van der Waals surface area (Å²) in [5.74, 6) is 1.94. The zero-order valence-corrected chi connectivity index (χ0v) is 21.7. The molecule has 0 amide bonds. The van der Waals surface area contributed by atoms with Crippen LogP contribution in [-0.4, -0.2) is 44.9 Å². The van der Waals surface area contributed by atoms with Crippen molar-refractivity contribution in [2.45, 2.75) is 0 Å². The first kappa shape index (κ1) is 23.4. The molecule has 11 nitrogen and oxygen atoms in total. The van der Waals surface area contributed by atoms with E-state index in [9.17, 15) is 0 Å². The van der Waals surface area contributed by atoms with Gasteiger partial charge in [-0.15, -0.1) is 0 Å². The minimum atomic E-state index is 0. The maximum atomic E-state index is 4.90. The number of fused-ring (bicyclic) bond motifs is 20. The van der Waals surface area contributed by atoms with Gasteiger partial charge in [-0.25, -0.2) is 9.97 Å². The molecule has 0 saturated carbocycles. The summed E-state index contributed by atoms with van der Waals surface area (Å²) < 4.78 is 0. The van der Waals surface area contributed by atoms with Crippen molar-refractivity contribution in [2.75, 3.05) is 0 Å². The minimum absolute atomic E-state index is 0. The molecule has 0 atom stereocenters. The van der Waals surface area contributed by atoms with Crippen LogP contribution in [0.4, 0.5) is 0 Å². The Kier molecular flexibility index (Phi) is 5.02. The van der Waals surface area contributed by atoms with Crippen LogP contribution in [-0.2, 0) is 17.1 Å². The normalized spacial score (nSPS) is 11.7. The first-order valence-electron chi connectivity index (χ1n) is 12.4. The summed E-state index contributed by atoms with van der Waals surface area (Å²) in [5, 5.41) is 3.13. The van der Waals surface area contributed by atoms with Gasteiger partial charge in [-0.1, -0.05) is 24.3 Å². The predicted molar refractivity (Wildman–Crippen MR) is 147 cm³/mol. The van der Waals surface area contributed by atoms with Crippen LogP contribution in [0.2, 0.25) is 0 Å². The number of rotatable bonds is 0. The zero-order chi connectivity index (χ0) is 26.2. The summed E-state index contributed by atoms with van der Waals surface area (Å²) in [6.07, 6.45) is 10.3. The molecule has 0 fully saturated rings. The fourth-order valence-corrected chi connectivity index (χ4v) is 5.14. The molecule has 9 rings (SSSR count). The van der Waals surface area contributed by atoms with Gasteiger partial charge >= 0.3 is 17.1 Å². The Morgan fingerprint density at radius 1 is 0.390 bits per heavy atom. The zero-order valence-electron chi connectivity index (χ0n) is 20.7. The number of hydrogen-bond donors (Lipinski definition) is 0. The van der Waals surface area contributed by atoms with E-state index in [0.29, 0.717) is 45.9 Å². The molecule has 195 valence electrons. The fourth-order valence-electron chi connectivity index (χ4n) is 5.14. The molecule has 0 saturated heterocycles. The molecule has 7 aromatic rings. The quantitative estimate of drug-likeness (QED) is 0.237. The maximum Gasteiger partial charge on any atom is 2.00 e. The Morgan fingerprint density at radius 3 is 1.34 bits per heavy atom. The van der Waals surface area contributed by atoms with Crippen molar-refractivity contribution in [1.82, 2.24) is 54.8 Å². The van der Waals surface area contributed by atoms with Gasteiger partial charge in [-0.05, 0) is 29.0 Å². The summed E-state index contributed by atoms with van der Waals surface area (Å²) in [5.41, 5.74) is 5.15. The Bertz CT molecular complexity index is 2040. The molecule has 0 aliphatic carbocycles. The van der Waals surface area contributed by atoms with Gasteiger partial charge in [0.2, 0.25) is 0 Å². The van der Waals surface area contributed by atoms with Crippen LogP contribution in [0.15, 0.2) is 79.6 Å². The van der Waals surface area contributed by atoms with E-state index in [0.717, 1.165) is 43.8 Å². The summed E-state index contributed by atoms with van der Waals surface area (Å²) in [6.45, 7) is 0. The molecule has 2 aliphatic rings. The van der Waals surface area contributed by atoms with E-state index in [-0.39, 0.29) is 17.1 Å². The Morgan fingerprint density at radius 2 is 0.805 bits per heavy atom. The molecule has 8 heterocycles. The molecule has 41 heavy (non-hydrogen) atoms. The summed E-state index contributed by atoms with van der Waals surface area (Å²) >= 11 is 0. The van der Waals surface area contributed by atoms with Gasteiger partial charge in [0, 0.05) is 92.8 Å². The SMILES string of the molecule is [Cu+2].c1ccc2c(c1)-c1nc-2nc2[n-]c(nc3nc(nc4[n-]c(n1)c1ccncc41)-c1ccncc1-3)c1ccncc21. The standard InChI is InChI=1S/C29H13N11.Cu/c1-2-4-15-14(3-1)22-33-23(15)35-27-20-12-31-9-6-17(20)25(37-27)39-29-21-13-32-10-7-18(21)26(40-29)38-28-19-11-30-8-5-16(19)24(34-22)36-28;/h1-13H;/q-2;+2. The molecule has 6 aromatic heterocycles. The van der Waals surface area contributed by atoms with Gasteiger partial charge in [0.1, 0.15) is 0 Å². The van der Waals surface area contributed by atoms with E-state index >= 15 is 0 Å². The van der Waals surface area contributed by atoms with Crippen molar-refractivity contribution in [1.29, 1.82) is 0 Å². The second kappa shape index (κ2) is 8.78.